The molecule has 0 radical (unpaired) electrons. The van der Waals surface area contributed by atoms with Gasteiger partial charge in [0.05, 0.1) is 32.6 Å². The quantitative estimate of drug-likeness (QED) is 0.680. The Hall–Kier alpha value is -2.06. The maximum Gasteiger partial charge on any atom is 0.291 e. The van der Waals surface area contributed by atoms with Gasteiger partial charge < -0.3 is 10.2 Å². The predicted octanol–water partition coefficient (Wildman–Crippen LogP) is 1.67. The van der Waals surface area contributed by atoms with Crippen molar-refractivity contribution in [3.05, 3.63) is 22.1 Å². The molecule has 1 amide bonds. The second-order valence-corrected chi connectivity index (χ2v) is 10.6. The molecule has 0 saturated heterocycles. The van der Waals surface area contributed by atoms with Gasteiger partial charge in [-0.2, -0.15) is 4.52 Å². The van der Waals surface area contributed by atoms with Crippen molar-refractivity contribution in [1.82, 2.24) is 24.9 Å². The van der Waals surface area contributed by atoms with E-state index in [1.807, 2.05) is 6.92 Å². The number of thiophene rings is 1. The van der Waals surface area contributed by atoms with Crippen LogP contribution in [-0.4, -0.2) is 52.7 Å². The molecule has 0 saturated carbocycles. The van der Waals surface area contributed by atoms with Gasteiger partial charge in [-0.05, 0) is 43.1 Å². The van der Waals surface area contributed by atoms with Gasteiger partial charge in [0.1, 0.15) is 10.7 Å². The zero-order valence-corrected chi connectivity index (χ0v) is 19.0. The van der Waals surface area contributed by atoms with Crippen molar-refractivity contribution in [3.8, 4) is 0 Å². The lowest BCUT2D eigenvalue weighted by molar-refractivity contribution is -0.856. The molecule has 0 fully saturated rings. The lowest BCUT2D eigenvalue weighted by Crippen LogP contribution is -3.06. The SMILES string of the molecule is Cc1nc2sc3c(c2c2nc(C(=O)NCC[NH+](C)C)nn12)CC[C@@H](C(C)(C)C)C3. The monoisotopic (exact) mass is 415 g/mol. The van der Waals surface area contributed by atoms with Crippen LogP contribution < -0.4 is 10.2 Å². The highest BCUT2D eigenvalue weighted by Gasteiger charge is 2.32. The van der Waals surface area contributed by atoms with Crippen molar-refractivity contribution in [2.45, 2.75) is 47.0 Å². The Morgan fingerprint density at radius 1 is 1.31 bits per heavy atom. The van der Waals surface area contributed by atoms with Crippen molar-refractivity contribution in [2.75, 3.05) is 27.2 Å². The first kappa shape index (κ1) is 20.2. The molecule has 156 valence electrons. The fraction of sp³-hybridized carbons (Fsp3) is 0.619. The van der Waals surface area contributed by atoms with E-state index >= 15 is 0 Å². The zero-order chi connectivity index (χ0) is 20.9. The maximum absolute atomic E-state index is 12.5. The number of rotatable bonds is 4. The summed E-state index contributed by atoms with van der Waals surface area (Å²) in [5.41, 5.74) is 2.43. The third-order valence-electron chi connectivity index (χ3n) is 5.99. The van der Waals surface area contributed by atoms with Gasteiger partial charge >= 0.3 is 0 Å². The Bertz CT molecular complexity index is 1070. The molecule has 3 aromatic heterocycles. The minimum atomic E-state index is -0.223. The van der Waals surface area contributed by atoms with Crippen LogP contribution in [0.5, 0.6) is 0 Å². The number of carbonyl (C=O) groups excluding carboxylic acids is 1. The van der Waals surface area contributed by atoms with E-state index in [0.717, 1.165) is 41.1 Å². The predicted molar refractivity (Wildman–Crippen MR) is 116 cm³/mol. The molecule has 0 unspecified atom stereocenters. The summed E-state index contributed by atoms with van der Waals surface area (Å²) in [5.74, 6) is 1.44. The van der Waals surface area contributed by atoms with Crippen molar-refractivity contribution < 1.29 is 9.69 Å². The summed E-state index contributed by atoms with van der Waals surface area (Å²) in [6.45, 7) is 10.4. The summed E-state index contributed by atoms with van der Waals surface area (Å²) < 4.78 is 1.73. The highest BCUT2D eigenvalue weighted by molar-refractivity contribution is 7.19. The Balaban J connectivity index is 1.73. The molecule has 3 aromatic rings. The standard InChI is InChI=1S/C21H30N6OS/c1-12-23-20-16(14-8-7-13(21(2,3)4)11-15(14)29-20)18-24-17(25-27(12)18)19(28)22-9-10-26(5)6/h13H,7-11H2,1-6H3,(H,22,28)/p+1/t13-/m1/s1. The lowest BCUT2D eigenvalue weighted by atomic mass is 9.72. The van der Waals surface area contributed by atoms with Crippen LogP contribution in [0, 0.1) is 18.3 Å². The topological polar surface area (TPSA) is 76.6 Å². The second-order valence-electron chi connectivity index (χ2n) is 9.53. The first-order valence-corrected chi connectivity index (χ1v) is 11.2. The Morgan fingerprint density at radius 3 is 2.76 bits per heavy atom. The van der Waals surface area contributed by atoms with E-state index in [1.165, 1.54) is 21.8 Å². The number of quaternary nitrogens is 1. The summed E-state index contributed by atoms with van der Waals surface area (Å²) >= 11 is 1.79. The molecule has 2 N–H and O–H groups in total. The Morgan fingerprint density at radius 2 is 2.07 bits per heavy atom. The molecule has 29 heavy (non-hydrogen) atoms. The zero-order valence-electron chi connectivity index (χ0n) is 18.2. The van der Waals surface area contributed by atoms with Gasteiger partial charge in [0.15, 0.2) is 5.65 Å². The van der Waals surface area contributed by atoms with Crippen molar-refractivity contribution in [1.29, 1.82) is 0 Å². The molecule has 8 heteroatoms. The molecule has 1 aliphatic carbocycles. The van der Waals surface area contributed by atoms with Crippen LogP contribution in [0.25, 0.3) is 15.9 Å². The average molecular weight is 416 g/mol. The number of aromatic nitrogens is 4. The first-order chi connectivity index (χ1) is 13.6. The highest BCUT2D eigenvalue weighted by atomic mass is 32.1. The van der Waals surface area contributed by atoms with E-state index in [-0.39, 0.29) is 11.7 Å². The molecular formula is C21H31N6OS+. The molecule has 1 aliphatic rings. The summed E-state index contributed by atoms with van der Waals surface area (Å²) in [6, 6.07) is 0. The molecule has 7 nitrogen and oxygen atoms in total. The van der Waals surface area contributed by atoms with Gasteiger partial charge in [-0.25, -0.2) is 9.97 Å². The van der Waals surface area contributed by atoms with Crippen LogP contribution in [0.2, 0.25) is 0 Å². The first-order valence-electron chi connectivity index (χ1n) is 10.4. The molecule has 1 atom stereocenters. The Kier molecular flexibility index (Phi) is 5.11. The lowest BCUT2D eigenvalue weighted by Gasteiger charge is -2.33. The normalized spacial score (nSPS) is 17.3. The summed E-state index contributed by atoms with van der Waals surface area (Å²) in [5, 5.41) is 8.48. The van der Waals surface area contributed by atoms with Gasteiger partial charge in [0.25, 0.3) is 5.91 Å². The summed E-state index contributed by atoms with van der Waals surface area (Å²) in [4.78, 5) is 25.7. The summed E-state index contributed by atoms with van der Waals surface area (Å²) in [6.07, 6.45) is 3.31. The van der Waals surface area contributed by atoms with Gasteiger partial charge in [-0.3, -0.25) is 4.79 Å². The van der Waals surface area contributed by atoms with Crippen LogP contribution in [-0.2, 0) is 12.8 Å². The average Bonchev–Trinajstić information content (AvgIpc) is 3.21. The van der Waals surface area contributed by atoms with Crippen molar-refractivity contribution in [3.63, 3.8) is 0 Å². The van der Waals surface area contributed by atoms with E-state index < -0.39 is 0 Å². The molecule has 0 spiro atoms. The number of amides is 1. The van der Waals surface area contributed by atoms with Crippen molar-refractivity contribution in [2.24, 2.45) is 11.3 Å². The molecule has 0 bridgehead atoms. The fourth-order valence-electron chi connectivity index (χ4n) is 4.12. The van der Waals surface area contributed by atoms with E-state index in [9.17, 15) is 4.79 Å². The maximum atomic E-state index is 12.5. The number of fused-ring (bicyclic) bond motifs is 5. The minimum Gasteiger partial charge on any atom is -0.344 e. The number of nitrogens with one attached hydrogen (secondary N) is 2. The third kappa shape index (κ3) is 3.75. The Labute approximate surface area is 175 Å². The van der Waals surface area contributed by atoms with E-state index in [2.05, 4.69) is 50.3 Å². The van der Waals surface area contributed by atoms with E-state index in [4.69, 9.17) is 4.98 Å². The molecule has 0 aromatic carbocycles. The summed E-state index contributed by atoms with van der Waals surface area (Å²) in [7, 11) is 4.12. The molecule has 0 aliphatic heterocycles. The second kappa shape index (κ2) is 7.32. The minimum absolute atomic E-state index is 0.222. The van der Waals surface area contributed by atoms with Gasteiger partial charge in [-0.15, -0.1) is 16.4 Å². The van der Waals surface area contributed by atoms with Gasteiger partial charge in [0, 0.05) is 4.88 Å². The number of hydrogen-bond donors (Lipinski definition) is 2. The van der Waals surface area contributed by atoms with Gasteiger partial charge in [0.2, 0.25) is 5.82 Å². The molecule has 3 heterocycles. The molecule has 4 rings (SSSR count). The highest BCUT2D eigenvalue weighted by Crippen LogP contribution is 2.43. The van der Waals surface area contributed by atoms with Crippen molar-refractivity contribution >= 4 is 33.1 Å². The van der Waals surface area contributed by atoms with E-state index in [0.29, 0.717) is 17.9 Å². The van der Waals surface area contributed by atoms with Gasteiger partial charge in [-0.1, -0.05) is 20.8 Å². The van der Waals surface area contributed by atoms with E-state index in [1.54, 1.807) is 15.9 Å². The van der Waals surface area contributed by atoms with Crippen LogP contribution in [0.3, 0.4) is 0 Å². The fourth-order valence-corrected chi connectivity index (χ4v) is 5.45. The van der Waals surface area contributed by atoms with Crippen LogP contribution in [0.15, 0.2) is 0 Å². The number of aryl methyl sites for hydroxylation is 2. The molecular weight excluding hydrogens is 384 g/mol. The largest absolute Gasteiger partial charge is 0.344 e. The van der Waals surface area contributed by atoms with Crippen LogP contribution in [0.1, 0.15) is 54.1 Å². The van der Waals surface area contributed by atoms with Crippen LogP contribution in [0.4, 0.5) is 0 Å². The number of hydrogen-bond acceptors (Lipinski definition) is 5. The third-order valence-corrected chi connectivity index (χ3v) is 7.13. The number of likely N-dealkylation sites (N-methyl/N-ethyl adjacent to an activating group) is 1. The number of nitrogens with zero attached hydrogens (tertiary/aromatic N) is 4. The number of carbonyl (C=O) groups is 1. The van der Waals surface area contributed by atoms with Crippen LogP contribution >= 0.6 is 11.3 Å². The smallest absolute Gasteiger partial charge is 0.291 e.